The van der Waals surface area contributed by atoms with Crippen molar-refractivity contribution < 1.29 is 9.47 Å². The van der Waals surface area contributed by atoms with Crippen LogP contribution >= 0.6 is 12.2 Å². The lowest BCUT2D eigenvalue weighted by atomic mass is 10.4. The maximum Gasteiger partial charge on any atom is 0.178 e. The van der Waals surface area contributed by atoms with Crippen LogP contribution in [0.5, 0.6) is 0 Å². The molecule has 0 saturated carbocycles. The van der Waals surface area contributed by atoms with Crippen LogP contribution in [-0.4, -0.2) is 41.5 Å². The summed E-state index contributed by atoms with van der Waals surface area (Å²) in [7, 11) is 1.66. The average Bonchev–Trinajstić information content (AvgIpc) is 2.65. The zero-order valence-electron chi connectivity index (χ0n) is 9.68. The fourth-order valence-electron chi connectivity index (χ4n) is 1.63. The number of nitrogens with zero attached hydrogens (tertiary/aromatic N) is 2. The van der Waals surface area contributed by atoms with Crippen LogP contribution in [0.4, 0.5) is 0 Å². The van der Waals surface area contributed by atoms with Gasteiger partial charge in [-0.2, -0.15) is 0 Å². The van der Waals surface area contributed by atoms with Crippen LogP contribution in [0, 0.1) is 4.77 Å². The van der Waals surface area contributed by atoms with Gasteiger partial charge in [-0.05, 0) is 18.3 Å². The third kappa shape index (κ3) is 2.91. The van der Waals surface area contributed by atoms with E-state index in [1.807, 2.05) is 10.6 Å². The Kier molecular flexibility index (Phi) is 4.24. The van der Waals surface area contributed by atoms with Crippen molar-refractivity contribution in [3.8, 4) is 0 Å². The number of nitrogens with one attached hydrogen (secondary N) is 1. The Bertz CT molecular complexity index is 535. The SMILES string of the molecule is COCCOCCn1c(=S)[nH]c2cnccc21. The monoisotopic (exact) mass is 253 g/mol. The molecule has 0 amide bonds. The zero-order chi connectivity index (χ0) is 12.1. The highest BCUT2D eigenvalue weighted by Gasteiger charge is 2.03. The first kappa shape index (κ1) is 12.2. The lowest BCUT2D eigenvalue weighted by molar-refractivity contribution is 0.0668. The number of pyridine rings is 1. The molecule has 92 valence electrons. The van der Waals surface area contributed by atoms with Crippen LogP contribution in [-0.2, 0) is 16.0 Å². The molecule has 0 saturated heterocycles. The maximum absolute atomic E-state index is 5.43. The predicted molar refractivity (Wildman–Crippen MR) is 67.6 cm³/mol. The summed E-state index contributed by atoms with van der Waals surface area (Å²) in [5, 5.41) is 0. The zero-order valence-corrected chi connectivity index (χ0v) is 10.5. The Morgan fingerprint density at radius 2 is 2.29 bits per heavy atom. The number of aromatic nitrogens is 3. The minimum Gasteiger partial charge on any atom is -0.382 e. The van der Waals surface area contributed by atoms with Gasteiger partial charge >= 0.3 is 0 Å². The summed E-state index contributed by atoms with van der Waals surface area (Å²) in [6.07, 6.45) is 3.53. The number of hydrogen-bond acceptors (Lipinski definition) is 4. The van der Waals surface area contributed by atoms with Gasteiger partial charge in [-0.15, -0.1) is 0 Å². The highest BCUT2D eigenvalue weighted by molar-refractivity contribution is 7.71. The standard InChI is InChI=1S/C11H15N3O2S/c1-15-6-7-16-5-4-14-10-2-3-12-8-9(10)13-11(14)17/h2-3,8H,4-7H2,1H3,(H,13,17). The summed E-state index contributed by atoms with van der Waals surface area (Å²) in [5.74, 6) is 0. The van der Waals surface area contributed by atoms with Crippen molar-refractivity contribution in [3.05, 3.63) is 23.2 Å². The van der Waals surface area contributed by atoms with Crippen LogP contribution in [0.1, 0.15) is 0 Å². The van der Waals surface area contributed by atoms with E-state index >= 15 is 0 Å². The summed E-state index contributed by atoms with van der Waals surface area (Å²) in [5.41, 5.74) is 2.01. The molecule has 0 aliphatic rings. The number of fused-ring (bicyclic) bond motifs is 1. The van der Waals surface area contributed by atoms with E-state index in [0.29, 0.717) is 24.6 Å². The van der Waals surface area contributed by atoms with E-state index in [1.54, 1.807) is 19.5 Å². The minimum atomic E-state index is 0.605. The van der Waals surface area contributed by atoms with Gasteiger partial charge in [-0.3, -0.25) is 4.98 Å². The average molecular weight is 253 g/mol. The van der Waals surface area contributed by atoms with Gasteiger partial charge in [0.15, 0.2) is 4.77 Å². The van der Waals surface area contributed by atoms with Crippen molar-refractivity contribution >= 4 is 23.3 Å². The summed E-state index contributed by atoms with van der Waals surface area (Å²) in [4.78, 5) is 7.16. The van der Waals surface area contributed by atoms with E-state index in [9.17, 15) is 0 Å². The van der Waals surface area contributed by atoms with Gasteiger partial charge in [0, 0.05) is 19.9 Å². The van der Waals surface area contributed by atoms with Gasteiger partial charge in [0.1, 0.15) is 0 Å². The number of aromatic amines is 1. The number of rotatable bonds is 6. The first-order valence-electron chi connectivity index (χ1n) is 5.42. The Labute approximate surface area is 104 Å². The molecule has 0 spiro atoms. The Morgan fingerprint density at radius 1 is 1.41 bits per heavy atom. The third-order valence-electron chi connectivity index (χ3n) is 2.47. The third-order valence-corrected chi connectivity index (χ3v) is 2.79. The molecule has 2 aromatic rings. The summed E-state index contributed by atoms with van der Waals surface area (Å²) in [6.45, 7) is 2.57. The largest absolute Gasteiger partial charge is 0.382 e. The second-order valence-electron chi connectivity index (χ2n) is 3.58. The lowest BCUT2D eigenvalue weighted by Crippen LogP contribution is -2.09. The van der Waals surface area contributed by atoms with Crippen LogP contribution in [0.15, 0.2) is 18.5 Å². The van der Waals surface area contributed by atoms with Crippen molar-refractivity contribution in [3.63, 3.8) is 0 Å². The predicted octanol–water partition coefficient (Wildman–Crippen LogP) is 1.76. The molecule has 0 aromatic carbocycles. The van der Waals surface area contributed by atoms with Crippen molar-refractivity contribution in [2.45, 2.75) is 6.54 Å². The molecule has 0 bridgehead atoms. The summed E-state index contributed by atoms with van der Waals surface area (Å²) in [6, 6.07) is 1.94. The van der Waals surface area contributed by atoms with Crippen molar-refractivity contribution in [1.29, 1.82) is 0 Å². The summed E-state index contributed by atoms with van der Waals surface area (Å²) < 4.78 is 13.0. The molecular formula is C11H15N3O2S. The molecular weight excluding hydrogens is 238 g/mol. The van der Waals surface area contributed by atoms with E-state index < -0.39 is 0 Å². The molecule has 2 rings (SSSR count). The van der Waals surface area contributed by atoms with Gasteiger partial charge < -0.3 is 19.0 Å². The second-order valence-corrected chi connectivity index (χ2v) is 3.97. The van der Waals surface area contributed by atoms with Crippen LogP contribution < -0.4 is 0 Å². The van der Waals surface area contributed by atoms with Gasteiger partial charge in [0.2, 0.25) is 0 Å². The lowest BCUT2D eigenvalue weighted by Gasteiger charge is -2.05. The number of H-pyrrole nitrogens is 1. The number of ether oxygens (including phenoxy) is 2. The number of hydrogen-bond donors (Lipinski definition) is 1. The minimum absolute atomic E-state index is 0.605. The van der Waals surface area contributed by atoms with Crippen molar-refractivity contribution in [2.24, 2.45) is 0 Å². The van der Waals surface area contributed by atoms with Crippen LogP contribution in [0.2, 0.25) is 0 Å². The molecule has 1 N–H and O–H groups in total. The van der Waals surface area contributed by atoms with Crippen molar-refractivity contribution in [1.82, 2.24) is 14.5 Å². The van der Waals surface area contributed by atoms with Gasteiger partial charge in [-0.1, -0.05) is 0 Å². The molecule has 2 heterocycles. The molecule has 0 radical (unpaired) electrons. The number of methoxy groups -OCH3 is 1. The maximum atomic E-state index is 5.43. The molecule has 17 heavy (non-hydrogen) atoms. The van der Waals surface area contributed by atoms with Crippen molar-refractivity contribution in [2.75, 3.05) is 26.9 Å². The van der Waals surface area contributed by atoms with Crippen LogP contribution in [0.3, 0.4) is 0 Å². The van der Waals surface area contributed by atoms with Crippen LogP contribution in [0.25, 0.3) is 11.0 Å². The first-order valence-corrected chi connectivity index (χ1v) is 5.83. The molecule has 0 fully saturated rings. The Balaban J connectivity index is 2.03. The van der Waals surface area contributed by atoms with Gasteiger partial charge in [0.05, 0.1) is 37.1 Å². The smallest absolute Gasteiger partial charge is 0.178 e. The highest BCUT2D eigenvalue weighted by Crippen LogP contribution is 2.11. The van der Waals surface area contributed by atoms with Gasteiger partial charge in [-0.25, -0.2) is 0 Å². The fraction of sp³-hybridized carbons (Fsp3) is 0.455. The molecule has 6 heteroatoms. The van der Waals surface area contributed by atoms with E-state index in [0.717, 1.165) is 17.6 Å². The van der Waals surface area contributed by atoms with E-state index in [2.05, 4.69) is 9.97 Å². The number of imidazole rings is 1. The molecule has 2 aromatic heterocycles. The van der Waals surface area contributed by atoms with E-state index in [-0.39, 0.29) is 0 Å². The normalized spacial score (nSPS) is 11.1. The molecule has 5 nitrogen and oxygen atoms in total. The molecule has 0 unspecified atom stereocenters. The topological polar surface area (TPSA) is 52.1 Å². The first-order chi connectivity index (χ1) is 8.33. The molecule has 0 atom stereocenters. The van der Waals surface area contributed by atoms with E-state index in [1.165, 1.54) is 0 Å². The van der Waals surface area contributed by atoms with Gasteiger partial charge in [0.25, 0.3) is 0 Å². The Hall–Kier alpha value is -1.24. The van der Waals surface area contributed by atoms with E-state index in [4.69, 9.17) is 21.7 Å². The fourth-order valence-corrected chi connectivity index (χ4v) is 1.93. The molecule has 0 aliphatic carbocycles. The molecule has 0 aliphatic heterocycles. The second kappa shape index (κ2) is 5.90. The highest BCUT2D eigenvalue weighted by atomic mass is 32.1. The quantitative estimate of drug-likeness (QED) is 0.629. The Morgan fingerprint density at radius 3 is 3.12 bits per heavy atom. The summed E-state index contributed by atoms with van der Waals surface area (Å²) >= 11 is 5.25.